The Balaban J connectivity index is 1.35. The molecular formula is C21H24N6O. The van der Waals surface area contributed by atoms with Gasteiger partial charge in [-0.25, -0.2) is 4.79 Å². The molecular weight excluding hydrogens is 352 g/mol. The van der Waals surface area contributed by atoms with Crippen molar-refractivity contribution in [3.63, 3.8) is 0 Å². The summed E-state index contributed by atoms with van der Waals surface area (Å²) in [5, 5.41) is 13.8. The summed E-state index contributed by atoms with van der Waals surface area (Å²) in [4.78, 5) is 18.6. The first kappa shape index (κ1) is 18.0. The number of rotatable bonds is 3. The van der Waals surface area contributed by atoms with Crippen LogP contribution in [-0.2, 0) is 0 Å². The predicted molar refractivity (Wildman–Crippen MR) is 113 cm³/mol. The van der Waals surface area contributed by atoms with Gasteiger partial charge in [-0.2, -0.15) is 0 Å². The quantitative estimate of drug-likeness (QED) is 0.761. The molecule has 1 aromatic heterocycles. The number of carbonyl (C=O) groups excluding carboxylic acids is 1. The van der Waals surface area contributed by atoms with Crippen LogP contribution >= 0.6 is 0 Å². The highest BCUT2D eigenvalue weighted by atomic mass is 16.2. The highest BCUT2D eigenvalue weighted by Gasteiger charge is 2.22. The highest BCUT2D eigenvalue weighted by molar-refractivity contribution is 5.93. The minimum absolute atomic E-state index is 0.0658. The van der Waals surface area contributed by atoms with Crippen LogP contribution in [0.1, 0.15) is 0 Å². The molecule has 0 unspecified atom stereocenters. The second kappa shape index (κ2) is 7.72. The molecule has 1 N–H and O–H groups in total. The Morgan fingerprint density at radius 1 is 0.929 bits per heavy atom. The molecule has 144 valence electrons. The normalized spacial score (nSPS) is 14.2. The number of urea groups is 1. The summed E-state index contributed by atoms with van der Waals surface area (Å²) in [5.74, 6) is 1.68. The van der Waals surface area contributed by atoms with Gasteiger partial charge in [0.15, 0.2) is 11.6 Å². The van der Waals surface area contributed by atoms with Crippen LogP contribution in [0.15, 0.2) is 54.6 Å². The second-order valence-electron chi connectivity index (χ2n) is 7.11. The van der Waals surface area contributed by atoms with Crippen molar-refractivity contribution < 1.29 is 4.79 Å². The molecule has 2 heterocycles. The van der Waals surface area contributed by atoms with Gasteiger partial charge >= 0.3 is 6.03 Å². The standard InChI is InChI=1S/C21H24N6O/c1-25(2)19-9-10-20(24-23-19)26-11-13-27(14-12-26)21(28)22-18-8-7-16-5-3-4-6-17(16)15-18/h3-10,15H,11-14H2,1-2H3,(H,22,28). The van der Waals surface area contributed by atoms with Gasteiger partial charge in [0.2, 0.25) is 0 Å². The molecule has 0 bridgehead atoms. The fraction of sp³-hybridized carbons (Fsp3) is 0.286. The van der Waals surface area contributed by atoms with Crippen LogP contribution in [0.5, 0.6) is 0 Å². The maximum atomic E-state index is 12.6. The van der Waals surface area contributed by atoms with Gasteiger partial charge in [-0.15, -0.1) is 10.2 Å². The second-order valence-corrected chi connectivity index (χ2v) is 7.11. The van der Waals surface area contributed by atoms with E-state index in [0.29, 0.717) is 13.1 Å². The topological polar surface area (TPSA) is 64.6 Å². The van der Waals surface area contributed by atoms with Crippen molar-refractivity contribution in [1.29, 1.82) is 0 Å². The number of hydrogen-bond donors (Lipinski definition) is 1. The molecule has 28 heavy (non-hydrogen) atoms. The molecule has 7 heteroatoms. The number of aromatic nitrogens is 2. The molecule has 7 nitrogen and oxygen atoms in total. The van der Waals surface area contributed by atoms with Crippen molar-refractivity contribution in [1.82, 2.24) is 15.1 Å². The SMILES string of the molecule is CN(C)c1ccc(N2CCN(C(=O)Nc3ccc4ccccc4c3)CC2)nn1. The average molecular weight is 376 g/mol. The van der Waals surface area contributed by atoms with Crippen LogP contribution in [0.3, 0.4) is 0 Å². The Labute approximate surface area is 164 Å². The Hall–Kier alpha value is -3.35. The average Bonchev–Trinajstić information content (AvgIpc) is 2.74. The van der Waals surface area contributed by atoms with Crippen molar-refractivity contribution in [2.24, 2.45) is 0 Å². The molecule has 3 aromatic rings. The lowest BCUT2D eigenvalue weighted by atomic mass is 10.1. The molecule has 1 saturated heterocycles. The smallest absolute Gasteiger partial charge is 0.321 e. The third-order valence-corrected chi connectivity index (χ3v) is 4.99. The molecule has 0 atom stereocenters. The van der Waals surface area contributed by atoms with Crippen LogP contribution in [0, 0.1) is 0 Å². The van der Waals surface area contributed by atoms with Gasteiger partial charge in [0.05, 0.1) is 0 Å². The van der Waals surface area contributed by atoms with Crippen molar-refractivity contribution >= 4 is 34.1 Å². The minimum atomic E-state index is -0.0658. The number of anilines is 3. The first-order valence-electron chi connectivity index (χ1n) is 9.41. The minimum Gasteiger partial charge on any atom is -0.361 e. The number of hydrogen-bond acceptors (Lipinski definition) is 5. The zero-order valence-corrected chi connectivity index (χ0v) is 16.2. The fourth-order valence-electron chi connectivity index (χ4n) is 3.33. The lowest BCUT2D eigenvalue weighted by molar-refractivity contribution is 0.208. The maximum absolute atomic E-state index is 12.6. The summed E-state index contributed by atoms with van der Waals surface area (Å²) in [6, 6.07) is 18.0. The van der Waals surface area contributed by atoms with Crippen molar-refractivity contribution in [3.8, 4) is 0 Å². The molecule has 1 aliphatic rings. The van der Waals surface area contributed by atoms with Gasteiger partial charge in [-0.05, 0) is 35.0 Å². The third kappa shape index (κ3) is 3.83. The van der Waals surface area contributed by atoms with E-state index in [1.54, 1.807) is 0 Å². The Morgan fingerprint density at radius 2 is 1.68 bits per heavy atom. The van der Waals surface area contributed by atoms with Crippen LogP contribution < -0.4 is 15.1 Å². The summed E-state index contributed by atoms with van der Waals surface area (Å²) < 4.78 is 0. The lowest BCUT2D eigenvalue weighted by Crippen LogP contribution is -2.50. The molecule has 0 saturated carbocycles. The number of nitrogens with one attached hydrogen (secondary N) is 1. The first-order chi connectivity index (χ1) is 13.6. The van der Waals surface area contributed by atoms with Gasteiger partial charge in [-0.1, -0.05) is 30.3 Å². The monoisotopic (exact) mass is 376 g/mol. The number of fused-ring (bicyclic) bond motifs is 1. The van der Waals surface area contributed by atoms with Gasteiger partial charge in [-0.3, -0.25) is 0 Å². The van der Waals surface area contributed by atoms with Gasteiger partial charge in [0, 0.05) is 46.0 Å². The van der Waals surface area contributed by atoms with Crippen LogP contribution in [0.2, 0.25) is 0 Å². The Kier molecular flexibility index (Phi) is 4.97. The fourth-order valence-corrected chi connectivity index (χ4v) is 3.33. The summed E-state index contributed by atoms with van der Waals surface area (Å²) in [7, 11) is 3.88. The number of carbonyl (C=O) groups is 1. The van der Waals surface area contributed by atoms with Crippen LogP contribution in [-0.4, -0.2) is 61.4 Å². The molecule has 1 fully saturated rings. The van der Waals surface area contributed by atoms with Crippen molar-refractivity contribution in [3.05, 3.63) is 54.6 Å². The molecule has 1 aliphatic heterocycles. The van der Waals surface area contributed by atoms with E-state index in [4.69, 9.17) is 0 Å². The maximum Gasteiger partial charge on any atom is 0.321 e. The molecule has 2 amide bonds. The Bertz CT molecular complexity index is 964. The molecule has 0 spiro atoms. The van der Waals surface area contributed by atoms with Crippen LogP contribution in [0.25, 0.3) is 10.8 Å². The first-order valence-corrected chi connectivity index (χ1v) is 9.41. The van der Waals surface area contributed by atoms with E-state index in [9.17, 15) is 4.79 Å². The summed E-state index contributed by atoms with van der Waals surface area (Å²) in [6.07, 6.45) is 0. The van der Waals surface area contributed by atoms with E-state index >= 15 is 0 Å². The van der Waals surface area contributed by atoms with Gasteiger partial charge in [0.25, 0.3) is 0 Å². The van der Waals surface area contributed by atoms with Gasteiger partial charge < -0.3 is 20.0 Å². The molecule has 4 rings (SSSR count). The van der Waals surface area contributed by atoms with Crippen LogP contribution in [0.4, 0.5) is 22.1 Å². The number of piperazine rings is 1. The summed E-state index contributed by atoms with van der Waals surface area (Å²) >= 11 is 0. The van der Waals surface area contributed by atoms with Crippen molar-refractivity contribution in [2.45, 2.75) is 0 Å². The summed E-state index contributed by atoms with van der Waals surface area (Å²) in [6.45, 7) is 2.77. The molecule has 0 aliphatic carbocycles. The zero-order chi connectivity index (χ0) is 19.5. The Morgan fingerprint density at radius 3 is 2.36 bits per heavy atom. The largest absolute Gasteiger partial charge is 0.361 e. The van der Waals surface area contributed by atoms with E-state index < -0.39 is 0 Å². The zero-order valence-electron chi connectivity index (χ0n) is 16.2. The van der Waals surface area contributed by atoms with E-state index in [-0.39, 0.29) is 6.03 Å². The molecule has 2 aromatic carbocycles. The van der Waals surface area contributed by atoms with E-state index in [1.807, 2.05) is 72.4 Å². The number of nitrogens with zero attached hydrogens (tertiary/aromatic N) is 5. The summed E-state index contributed by atoms with van der Waals surface area (Å²) in [5.41, 5.74) is 0.816. The van der Waals surface area contributed by atoms with Gasteiger partial charge in [0.1, 0.15) is 0 Å². The number of amides is 2. The van der Waals surface area contributed by atoms with Crippen molar-refractivity contribution in [2.75, 3.05) is 55.4 Å². The number of benzene rings is 2. The lowest BCUT2D eigenvalue weighted by Gasteiger charge is -2.35. The predicted octanol–water partition coefficient (Wildman–Crippen LogP) is 3.05. The molecule has 0 radical (unpaired) electrons. The van der Waals surface area contributed by atoms with E-state index in [1.165, 1.54) is 0 Å². The highest BCUT2D eigenvalue weighted by Crippen LogP contribution is 2.20. The van der Waals surface area contributed by atoms with E-state index in [0.717, 1.165) is 41.2 Å². The van der Waals surface area contributed by atoms with E-state index in [2.05, 4.69) is 26.5 Å². The third-order valence-electron chi connectivity index (χ3n) is 4.99.